The highest BCUT2D eigenvalue weighted by Crippen LogP contribution is 2.34. The third-order valence-corrected chi connectivity index (χ3v) is 5.96. The average molecular weight is 441 g/mol. The number of likely N-dealkylation sites (tertiary alicyclic amines) is 1. The van der Waals surface area contributed by atoms with Crippen molar-refractivity contribution in [2.75, 3.05) is 33.4 Å². The van der Waals surface area contributed by atoms with Gasteiger partial charge in [0.05, 0.1) is 19.6 Å². The van der Waals surface area contributed by atoms with Crippen molar-refractivity contribution in [1.82, 2.24) is 9.80 Å². The molecule has 1 saturated heterocycles. The molecule has 0 aromatic heterocycles. The fourth-order valence-corrected chi connectivity index (χ4v) is 3.99. The summed E-state index contributed by atoms with van der Waals surface area (Å²) in [6, 6.07) is 4.72. The van der Waals surface area contributed by atoms with Crippen LogP contribution in [0.3, 0.4) is 0 Å². The van der Waals surface area contributed by atoms with E-state index in [-0.39, 0.29) is 5.91 Å². The fraction of sp³-hybridized carbons (Fsp3) is 0.667. The first kappa shape index (κ1) is 22.0. The van der Waals surface area contributed by atoms with Gasteiger partial charge in [-0.25, -0.2) is 0 Å². The van der Waals surface area contributed by atoms with Gasteiger partial charge < -0.3 is 19.3 Å². The molecule has 0 radical (unpaired) electrons. The Morgan fingerprint density at radius 3 is 2.26 bits per heavy atom. The first-order valence-corrected chi connectivity index (χ1v) is 10.7. The molecule has 0 atom stereocenters. The fourth-order valence-electron chi connectivity index (χ4n) is 3.53. The molecule has 0 spiro atoms. The molecule has 1 aliphatic heterocycles. The van der Waals surface area contributed by atoms with Crippen LogP contribution >= 0.6 is 15.9 Å². The van der Waals surface area contributed by atoms with Crippen LogP contribution in [0, 0.1) is 0 Å². The van der Waals surface area contributed by atoms with Gasteiger partial charge in [-0.3, -0.25) is 4.79 Å². The van der Waals surface area contributed by atoms with Crippen LogP contribution in [0.2, 0.25) is 0 Å². The van der Waals surface area contributed by atoms with Crippen molar-refractivity contribution in [2.45, 2.75) is 59.0 Å². The van der Waals surface area contributed by atoms with Gasteiger partial charge in [0.15, 0.2) is 11.5 Å². The summed E-state index contributed by atoms with van der Waals surface area (Å²) in [6.45, 7) is 11.6. The molecule has 6 heteroatoms. The van der Waals surface area contributed by atoms with E-state index < -0.39 is 0 Å². The molecule has 1 fully saturated rings. The number of carbonyl (C=O) groups excluding carboxylic acids is 1. The lowest BCUT2D eigenvalue weighted by molar-refractivity contribution is -0.132. The summed E-state index contributed by atoms with van der Waals surface area (Å²) in [4.78, 5) is 17.3. The Labute approximate surface area is 172 Å². The first-order chi connectivity index (χ1) is 12.9. The van der Waals surface area contributed by atoms with Crippen LogP contribution < -0.4 is 9.47 Å². The minimum absolute atomic E-state index is 0.144. The summed E-state index contributed by atoms with van der Waals surface area (Å²) < 4.78 is 12.2. The minimum atomic E-state index is 0.144. The van der Waals surface area contributed by atoms with E-state index in [0.29, 0.717) is 43.2 Å². The van der Waals surface area contributed by atoms with Crippen molar-refractivity contribution in [2.24, 2.45) is 0 Å². The van der Waals surface area contributed by atoms with Crippen LogP contribution in [0.4, 0.5) is 0 Å². The number of hydrogen-bond acceptors (Lipinski definition) is 4. The number of likely N-dealkylation sites (N-methyl/N-ethyl adjacent to an activating group) is 1. The molecule has 1 aromatic carbocycles. The van der Waals surface area contributed by atoms with Crippen molar-refractivity contribution < 1.29 is 14.3 Å². The van der Waals surface area contributed by atoms with Gasteiger partial charge in [0.1, 0.15) is 0 Å². The molecule has 152 valence electrons. The largest absolute Gasteiger partial charge is 0.490 e. The monoisotopic (exact) mass is 440 g/mol. The normalized spacial score (nSPS) is 15.8. The Kier molecular flexibility index (Phi) is 8.42. The van der Waals surface area contributed by atoms with E-state index in [1.54, 1.807) is 0 Å². The first-order valence-electron chi connectivity index (χ1n) is 9.95. The second kappa shape index (κ2) is 10.3. The van der Waals surface area contributed by atoms with Gasteiger partial charge in [-0.05, 0) is 58.2 Å². The molecule has 2 rings (SSSR count). The van der Waals surface area contributed by atoms with Gasteiger partial charge in [0.25, 0.3) is 0 Å². The van der Waals surface area contributed by atoms with E-state index in [4.69, 9.17) is 9.47 Å². The maximum absolute atomic E-state index is 12.9. The second-order valence-corrected chi connectivity index (χ2v) is 8.15. The highest BCUT2D eigenvalue weighted by atomic mass is 79.9. The Morgan fingerprint density at radius 2 is 1.74 bits per heavy atom. The highest BCUT2D eigenvalue weighted by Gasteiger charge is 2.26. The third-order valence-electron chi connectivity index (χ3n) is 5.22. The quantitative estimate of drug-likeness (QED) is 0.609. The Hall–Kier alpha value is -1.27. The number of nitrogens with zero attached hydrogens (tertiary/aromatic N) is 2. The van der Waals surface area contributed by atoms with E-state index in [1.165, 1.54) is 0 Å². The Morgan fingerprint density at radius 1 is 1.19 bits per heavy atom. The SMILES string of the molecule is CCOc1cc(Br)c(CC(=O)N(C)C2CCN(C(C)C)CC2)cc1OCC. The third kappa shape index (κ3) is 5.85. The zero-order valence-corrected chi connectivity index (χ0v) is 18.8. The lowest BCUT2D eigenvalue weighted by atomic mass is 10.0. The number of carbonyl (C=O) groups is 1. The Bertz CT molecular complexity index is 628. The van der Waals surface area contributed by atoms with Crippen molar-refractivity contribution in [3.05, 3.63) is 22.2 Å². The summed E-state index contributed by atoms with van der Waals surface area (Å²) >= 11 is 3.59. The van der Waals surface area contributed by atoms with Gasteiger partial charge >= 0.3 is 0 Å². The minimum Gasteiger partial charge on any atom is -0.490 e. The van der Waals surface area contributed by atoms with Crippen LogP contribution in [0.1, 0.15) is 46.1 Å². The van der Waals surface area contributed by atoms with Crippen LogP contribution in [-0.4, -0.2) is 61.1 Å². The molecule has 1 aromatic rings. The number of amides is 1. The van der Waals surface area contributed by atoms with E-state index in [0.717, 1.165) is 36.0 Å². The predicted molar refractivity (Wildman–Crippen MR) is 113 cm³/mol. The smallest absolute Gasteiger partial charge is 0.227 e. The maximum atomic E-state index is 12.9. The summed E-state index contributed by atoms with van der Waals surface area (Å²) in [5.74, 6) is 1.54. The summed E-state index contributed by atoms with van der Waals surface area (Å²) in [6.07, 6.45) is 2.43. The number of rotatable bonds is 8. The molecule has 27 heavy (non-hydrogen) atoms. The maximum Gasteiger partial charge on any atom is 0.227 e. The standard InChI is InChI=1S/C21H33BrN2O3/c1-6-26-19-12-16(18(22)14-20(19)27-7-2)13-21(25)23(5)17-8-10-24(11-9-17)15(3)4/h12,14-15,17H,6-11,13H2,1-5H3. The summed E-state index contributed by atoms with van der Waals surface area (Å²) in [7, 11) is 1.93. The van der Waals surface area contributed by atoms with E-state index in [1.807, 2.05) is 37.9 Å². The van der Waals surface area contributed by atoms with Crippen LogP contribution in [-0.2, 0) is 11.2 Å². The molecular formula is C21H33BrN2O3. The van der Waals surface area contributed by atoms with Gasteiger partial charge in [0, 0.05) is 36.7 Å². The molecule has 1 amide bonds. The van der Waals surface area contributed by atoms with Crippen molar-refractivity contribution >= 4 is 21.8 Å². The summed E-state index contributed by atoms with van der Waals surface area (Å²) in [5.41, 5.74) is 0.929. The molecule has 0 N–H and O–H groups in total. The molecule has 1 aliphatic rings. The van der Waals surface area contributed by atoms with Crippen molar-refractivity contribution in [3.8, 4) is 11.5 Å². The molecule has 0 aliphatic carbocycles. The number of halogens is 1. The van der Waals surface area contributed by atoms with Gasteiger partial charge in [0.2, 0.25) is 5.91 Å². The second-order valence-electron chi connectivity index (χ2n) is 7.30. The van der Waals surface area contributed by atoms with Gasteiger partial charge in [-0.1, -0.05) is 15.9 Å². The van der Waals surface area contributed by atoms with Crippen LogP contribution in [0.15, 0.2) is 16.6 Å². The Balaban J connectivity index is 2.05. The average Bonchev–Trinajstić information content (AvgIpc) is 2.65. The van der Waals surface area contributed by atoms with E-state index >= 15 is 0 Å². The van der Waals surface area contributed by atoms with Gasteiger partial charge in [-0.15, -0.1) is 0 Å². The number of benzene rings is 1. The number of ether oxygens (including phenoxy) is 2. The molecule has 0 unspecified atom stereocenters. The highest BCUT2D eigenvalue weighted by molar-refractivity contribution is 9.10. The van der Waals surface area contributed by atoms with Crippen molar-refractivity contribution in [1.29, 1.82) is 0 Å². The topological polar surface area (TPSA) is 42.0 Å². The van der Waals surface area contributed by atoms with Gasteiger partial charge in [-0.2, -0.15) is 0 Å². The summed E-state index contributed by atoms with van der Waals surface area (Å²) in [5, 5.41) is 0. The van der Waals surface area contributed by atoms with E-state index in [2.05, 4.69) is 34.7 Å². The molecule has 0 bridgehead atoms. The lowest BCUT2D eigenvalue weighted by Gasteiger charge is -2.38. The van der Waals surface area contributed by atoms with Crippen molar-refractivity contribution in [3.63, 3.8) is 0 Å². The molecular weight excluding hydrogens is 408 g/mol. The number of hydrogen-bond donors (Lipinski definition) is 0. The zero-order chi connectivity index (χ0) is 20.0. The zero-order valence-electron chi connectivity index (χ0n) is 17.3. The number of piperidine rings is 1. The van der Waals surface area contributed by atoms with E-state index in [9.17, 15) is 4.79 Å². The molecule has 0 saturated carbocycles. The van der Waals surface area contributed by atoms with Crippen LogP contribution in [0.5, 0.6) is 11.5 Å². The molecule has 1 heterocycles. The molecule has 5 nitrogen and oxygen atoms in total. The predicted octanol–water partition coefficient (Wildman–Crippen LogP) is 4.12. The lowest BCUT2D eigenvalue weighted by Crippen LogP contribution is -2.47. The van der Waals surface area contributed by atoms with Crippen LogP contribution in [0.25, 0.3) is 0 Å².